The Hall–Kier alpha value is -2.93. The van der Waals surface area contributed by atoms with Crippen molar-refractivity contribution in [3.8, 4) is 0 Å². The van der Waals surface area contributed by atoms with E-state index in [1.54, 1.807) is 30.3 Å². The number of ether oxygens (including phenoxy) is 1. The second-order valence-electron chi connectivity index (χ2n) is 6.61. The minimum Gasteiger partial charge on any atom is -0.408 e. The first kappa shape index (κ1) is 17.5. The number of rotatable bonds is 5. The summed E-state index contributed by atoms with van der Waals surface area (Å²) in [5, 5.41) is 2.86. The van der Waals surface area contributed by atoms with Gasteiger partial charge in [0, 0.05) is 18.7 Å². The van der Waals surface area contributed by atoms with Gasteiger partial charge in [-0.1, -0.05) is 12.1 Å². The lowest BCUT2D eigenvalue weighted by atomic mass is 10.1. The van der Waals surface area contributed by atoms with Gasteiger partial charge in [0.25, 0.3) is 5.91 Å². The monoisotopic (exact) mass is 370 g/mol. The van der Waals surface area contributed by atoms with Crippen LogP contribution in [-0.4, -0.2) is 29.7 Å². The van der Waals surface area contributed by atoms with E-state index in [0.29, 0.717) is 23.2 Å². The van der Waals surface area contributed by atoms with Gasteiger partial charge in [-0.3, -0.25) is 9.36 Å². The fourth-order valence-corrected chi connectivity index (χ4v) is 3.24. The van der Waals surface area contributed by atoms with Crippen LogP contribution in [0.15, 0.2) is 51.7 Å². The number of hydrogen-bond donors (Lipinski definition) is 1. The molecule has 0 radical (unpaired) electrons. The van der Waals surface area contributed by atoms with Gasteiger partial charge in [-0.25, -0.2) is 9.18 Å². The summed E-state index contributed by atoms with van der Waals surface area (Å²) in [6.07, 6.45) is 2.01. The van der Waals surface area contributed by atoms with Crippen LogP contribution in [0.3, 0.4) is 0 Å². The van der Waals surface area contributed by atoms with Crippen LogP contribution in [0.4, 0.5) is 4.39 Å². The molecule has 2 heterocycles. The maximum Gasteiger partial charge on any atom is 0.420 e. The van der Waals surface area contributed by atoms with E-state index in [4.69, 9.17) is 9.15 Å². The van der Waals surface area contributed by atoms with Crippen molar-refractivity contribution in [1.29, 1.82) is 0 Å². The van der Waals surface area contributed by atoms with Gasteiger partial charge >= 0.3 is 5.76 Å². The maximum atomic E-state index is 13.1. The third-order valence-electron chi connectivity index (χ3n) is 4.70. The van der Waals surface area contributed by atoms with Gasteiger partial charge in [0.05, 0.1) is 18.2 Å². The molecule has 1 amide bonds. The van der Waals surface area contributed by atoms with E-state index in [9.17, 15) is 14.0 Å². The number of halogens is 1. The number of amides is 1. The van der Waals surface area contributed by atoms with Crippen LogP contribution in [0, 0.1) is 5.82 Å². The van der Waals surface area contributed by atoms with Crippen molar-refractivity contribution in [3.63, 3.8) is 0 Å². The quantitative estimate of drug-likeness (QED) is 0.749. The van der Waals surface area contributed by atoms with Crippen molar-refractivity contribution in [2.24, 2.45) is 0 Å². The van der Waals surface area contributed by atoms with E-state index < -0.39 is 5.76 Å². The number of nitrogens with one attached hydrogen (secondary N) is 1. The summed E-state index contributed by atoms with van der Waals surface area (Å²) in [4.78, 5) is 24.6. The van der Waals surface area contributed by atoms with Crippen molar-refractivity contribution >= 4 is 17.0 Å². The van der Waals surface area contributed by atoms with Crippen LogP contribution < -0.4 is 11.1 Å². The second kappa shape index (κ2) is 7.36. The average molecular weight is 370 g/mol. The number of benzene rings is 2. The molecule has 0 spiro atoms. The Balaban J connectivity index is 1.57. The van der Waals surface area contributed by atoms with Crippen molar-refractivity contribution in [3.05, 3.63) is 70.0 Å². The molecule has 1 aliphatic heterocycles. The molecule has 0 saturated carbocycles. The van der Waals surface area contributed by atoms with Crippen molar-refractivity contribution in [2.45, 2.75) is 25.5 Å². The second-order valence-corrected chi connectivity index (χ2v) is 6.61. The first-order valence-corrected chi connectivity index (χ1v) is 8.88. The smallest absolute Gasteiger partial charge is 0.408 e. The van der Waals surface area contributed by atoms with Crippen molar-refractivity contribution in [1.82, 2.24) is 9.88 Å². The molecule has 3 aromatic rings. The largest absolute Gasteiger partial charge is 0.420 e. The number of carbonyl (C=O) groups excluding carboxylic acids is 1. The fourth-order valence-electron chi connectivity index (χ4n) is 3.24. The SMILES string of the molecule is O=C(NC[C@H]1CCCO1)c1ccc2oc(=O)n(Cc3ccc(F)cc3)c2c1. The van der Waals surface area contributed by atoms with Gasteiger partial charge in [0.1, 0.15) is 5.82 Å². The molecular weight excluding hydrogens is 351 g/mol. The molecule has 1 atom stereocenters. The Bertz CT molecular complexity index is 1020. The Labute approximate surface area is 154 Å². The fraction of sp³-hybridized carbons (Fsp3) is 0.300. The third-order valence-corrected chi connectivity index (χ3v) is 4.70. The maximum absolute atomic E-state index is 13.1. The highest BCUT2D eigenvalue weighted by atomic mass is 19.1. The van der Waals surface area contributed by atoms with Gasteiger partial charge in [0.15, 0.2) is 5.58 Å². The van der Waals surface area contributed by atoms with Crippen LogP contribution >= 0.6 is 0 Å². The number of hydrogen-bond acceptors (Lipinski definition) is 4. The molecule has 1 aromatic heterocycles. The molecule has 140 valence electrons. The molecule has 0 aliphatic carbocycles. The van der Waals surface area contributed by atoms with Gasteiger partial charge in [-0.2, -0.15) is 0 Å². The number of carbonyl (C=O) groups is 1. The molecule has 1 N–H and O–H groups in total. The lowest BCUT2D eigenvalue weighted by molar-refractivity contribution is 0.0858. The number of aromatic nitrogens is 1. The van der Waals surface area contributed by atoms with Crippen LogP contribution in [0.5, 0.6) is 0 Å². The molecule has 0 bridgehead atoms. The van der Waals surface area contributed by atoms with Gasteiger partial charge in [-0.15, -0.1) is 0 Å². The summed E-state index contributed by atoms with van der Waals surface area (Å²) >= 11 is 0. The van der Waals surface area contributed by atoms with E-state index >= 15 is 0 Å². The van der Waals surface area contributed by atoms with E-state index in [-0.39, 0.29) is 24.4 Å². The number of oxazole rings is 1. The molecule has 1 aliphatic rings. The molecule has 6 nitrogen and oxygen atoms in total. The molecule has 0 unspecified atom stereocenters. The summed E-state index contributed by atoms with van der Waals surface area (Å²) in [7, 11) is 0. The molecule has 7 heteroatoms. The highest BCUT2D eigenvalue weighted by Crippen LogP contribution is 2.17. The van der Waals surface area contributed by atoms with Gasteiger partial charge in [0.2, 0.25) is 0 Å². The Morgan fingerprint density at radius 2 is 2.04 bits per heavy atom. The average Bonchev–Trinajstić information content (AvgIpc) is 3.29. The van der Waals surface area contributed by atoms with E-state index in [2.05, 4.69) is 5.32 Å². The van der Waals surface area contributed by atoms with Crippen molar-refractivity contribution in [2.75, 3.05) is 13.2 Å². The van der Waals surface area contributed by atoms with Gasteiger partial charge < -0.3 is 14.5 Å². The summed E-state index contributed by atoms with van der Waals surface area (Å²) < 4.78 is 25.3. The highest BCUT2D eigenvalue weighted by molar-refractivity contribution is 5.97. The predicted octanol–water partition coefficient (Wildman–Crippen LogP) is 2.69. The zero-order chi connectivity index (χ0) is 18.8. The first-order valence-electron chi connectivity index (χ1n) is 8.88. The van der Waals surface area contributed by atoms with Crippen LogP contribution in [-0.2, 0) is 11.3 Å². The minimum absolute atomic E-state index is 0.0586. The van der Waals surface area contributed by atoms with Crippen LogP contribution in [0.25, 0.3) is 11.1 Å². The minimum atomic E-state index is -0.522. The van der Waals surface area contributed by atoms with Gasteiger partial charge in [-0.05, 0) is 48.7 Å². The molecule has 27 heavy (non-hydrogen) atoms. The number of nitrogens with zero attached hydrogens (tertiary/aromatic N) is 1. The Kier molecular flexibility index (Phi) is 4.77. The lowest BCUT2D eigenvalue weighted by Gasteiger charge is -2.11. The molecule has 2 aromatic carbocycles. The standard InChI is InChI=1S/C20H19FN2O4/c21-15-6-3-13(4-7-15)12-23-17-10-14(5-8-18(17)27-20(23)25)19(24)22-11-16-2-1-9-26-16/h3-8,10,16H,1-2,9,11-12H2,(H,22,24)/t16-/m1/s1. The Morgan fingerprint density at radius 1 is 1.22 bits per heavy atom. The summed E-state index contributed by atoms with van der Waals surface area (Å²) in [6.45, 7) is 1.43. The molecule has 4 rings (SSSR count). The zero-order valence-electron chi connectivity index (χ0n) is 14.6. The third kappa shape index (κ3) is 3.78. The summed E-state index contributed by atoms with van der Waals surface area (Å²) in [5.74, 6) is -1.09. The first-order chi connectivity index (χ1) is 13.1. The summed E-state index contributed by atoms with van der Waals surface area (Å²) in [6, 6.07) is 10.8. The van der Waals surface area contributed by atoms with Crippen LogP contribution in [0.1, 0.15) is 28.8 Å². The number of fused-ring (bicyclic) bond motifs is 1. The van der Waals surface area contributed by atoms with Crippen molar-refractivity contribution < 1.29 is 18.3 Å². The summed E-state index contributed by atoms with van der Waals surface area (Å²) in [5.41, 5.74) is 2.12. The Morgan fingerprint density at radius 3 is 2.78 bits per heavy atom. The molecule has 1 fully saturated rings. The van der Waals surface area contributed by atoms with E-state index in [1.165, 1.54) is 16.7 Å². The lowest BCUT2D eigenvalue weighted by Crippen LogP contribution is -2.31. The van der Waals surface area contributed by atoms with E-state index in [0.717, 1.165) is 25.0 Å². The topological polar surface area (TPSA) is 73.5 Å². The van der Waals surface area contributed by atoms with E-state index in [1.807, 2.05) is 0 Å². The molecule has 1 saturated heterocycles. The normalized spacial score (nSPS) is 16.7. The molecular formula is C20H19FN2O4. The van der Waals surface area contributed by atoms with Crippen LogP contribution in [0.2, 0.25) is 0 Å². The predicted molar refractivity (Wildman–Crippen MR) is 97.3 cm³/mol. The zero-order valence-corrected chi connectivity index (χ0v) is 14.6. The highest BCUT2D eigenvalue weighted by Gasteiger charge is 2.18.